The van der Waals surface area contributed by atoms with Gasteiger partial charge in [-0.15, -0.1) is 0 Å². The second kappa shape index (κ2) is 5.66. The van der Waals surface area contributed by atoms with Crippen molar-refractivity contribution >= 4 is 0 Å². The van der Waals surface area contributed by atoms with Crippen LogP contribution in [0.5, 0.6) is 5.75 Å². The van der Waals surface area contributed by atoms with Crippen LogP contribution in [0.2, 0.25) is 0 Å². The summed E-state index contributed by atoms with van der Waals surface area (Å²) >= 11 is 0. The molecule has 0 spiro atoms. The molecule has 15 heavy (non-hydrogen) atoms. The fourth-order valence-electron chi connectivity index (χ4n) is 1.31. The molecule has 1 unspecified atom stereocenters. The Morgan fingerprint density at radius 1 is 1.47 bits per heavy atom. The van der Waals surface area contributed by atoms with E-state index in [-0.39, 0.29) is 18.4 Å². The first-order chi connectivity index (χ1) is 7.13. The van der Waals surface area contributed by atoms with E-state index in [0.717, 1.165) is 5.56 Å². The molecular formula is C11H15F2NO. The van der Waals surface area contributed by atoms with Crippen LogP contribution in [-0.2, 0) is 6.42 Å². The van der Waals surface area contributed by atoms with Crippen molar-refractivity contribution < 1.29 is 13.5 Å². The summed E-state index contributed by atoms with van der Waals surface area (Å²) in [6.45, 7) is 1.11. The van der Waals surface area contributed by atoms with Gasteiger partial charge >= 0.3 is 0 Å². The van der Waals surface area contributed by atoms with E-state index in [1.54, 1.807) is 6.07 Å². The number of hydrogen-bond acceptors (Lipinski definition) is 2. The molecule has 0 fully saturated rings. The van der Waals surface area contributed by atoms with Gasteiger partial charge in [-0.3, -0.25) is 0 Å². The predicted molar refractivity (Wildman–Crippen MR) is 55.2 cm³/mol. The largest absolute Gasteiger partial charge is 0.488 e. The maximum Gasteiger partial charge on any atom is 0.165 e. The van der Waals surface area contributed by atoms with Crippen LogP contribution < -0.4 is 10.5 Å². The van der Waals surface area contributed by atoms with Gasteiger partial charge in [0.05, 0.1) is 0 Å². The monoisotopic (exact) mass is 215 g/mol. The topological polar surface area (TPSA) is 35.2 Å². The van der Waals surface area contributed by atoms with Crippen molar-refractivity contribution in [2.24, 2.45) is 5.73 Å². The zero-order valence-corrected chi connectivity index (χ0v) is 8.67. The van der Waals surface area contributed by atoms with Gasteiger partial charge < -0.3 is 10.5 Å². The Kier molecular flexibility index (Phi) is 4.49. The maximum atomic E-state index is 13.3. The molecule has 2 N–H and O–H groups in total. The minimum Gasteiger partial charge on any atom is -0.488 e. The fourth-order valence-corrected chi connectivity index (χ4v) is 1.31. The Morgan fingerprint density at radius 2 is 2.20 bits per heavy atom. The van der Waals surface area contributed by atoms with Gasteiger partial charge in [-0.2, -0.15) is 0 Å². The molecule has 84 valence electrons. The van der Waals surface area contributed by atoms with Crippen LogP contribution in [0.4, 0.5) is 8.78 Å². The molecule has 0 radical (unpaired) electrons. The van der Waals surface area contributed by atoms with Crippen molar-refractivity contribution in [2.45, 2.75) is 19.4 Å². The second-order valence-electron chi connectivity index (χ2n) is 3.48. The van der Waals surface area contributed by atoms with Gasteiger partial charge in [-0.25, -0.2) is 8.78 Å². The highest BCUT2D eigenvalue weighted by atomic mass is 19.1. The maximum absolute atomic E-state index is 13.3. The Morgan fingerprint density at radius 3 is 2.73 bits per heavy atom. The van der Waals surface area contributed by atoms with Crippen LogP contribution >= 0.6 is 0 Å². The van der Waals surface area contributed by atoms with Crippen LogP contribution in [0.15, 0.2) is 18.2 Å². The van der Waals surface area contributed by atoms with Gasteiger partial charge in [0.15, 0.2) is 11.6 Å². The lowest BCUT2D eigenvalue weighted by Gasteiger charge is -2.08. The molecule has 2 nitrogen and oxygen atoms in total. The molecule has 1 aromatic carbocycles. The summed E-state index contributed by atoms with van der Waals surface area (Å²) in [5.41, 5.74) is 6.40. The minimum absolute atomic E-state index is 0.0120. The molecule has 0 heterocycles. The summed E-state index contributed by atoms with van der Waals surface area (Å²) in [7, 11) is 0. The summed E-state index contributed by atoms with van der Waals surface area (Å²) in [6, 6.07) is 4.60. The standard InChI is InChI=1S/C11H15F2NO/c1-8(14)6-9-2-3-11(10(13)7-9)15-5-4-12/h2-3,7-8H,4-6,14H2,1H3. The molecule has 4 heteroatoms. The van der Waals surface area contributed by atoms with Crippen molar-refractivity contribution in [1.82, 2.24) is 0 Å². The van der Waals surface area contributed by atoms with Gasteiger partial charge in [0.2, 0.25) is 0 Å². The molecule has 0 aliphatic rings. The zero-order chi connectivity index (χ0) is 11.3. The van der Waals surface area contributed by atoms with Crippen LogP contribution in [0.25, 0.3) is 0 Å². The van der Waals surface area contributed by atoms with Crippen molar-refractivity contribution in [3.05, 3.63) is 29.6 Å². The smallest absolute Gasteiger partial charge is 0.165 e. The Hall–Kier alpha value is -1.16. The lowest BCUT2D eigenvalue weighted by atomic mass is 10.1. The van der Waals surface area contributed by atoms with Gasteiger partial charge in [0.25, 0.3) is 0 Å². The van der Waals surface area contributed by atoms with Crippen LogP contribution in [0.1, 0.15) is 12.5 Å². The number of hydrogen-bond donors (Lipinski definition) is 1. The van der Waals surface area contributed by atoms with E-state index in [1.807, 2.05) is 6.92 Å². The molecule has 0 aromatic heterocycles. The molecule has 0 bridgehead atoms. The quantitative estimate of drug-likeness (QED) is 0.816. The lowest BCUT2D eigenvalue weighted by molar-refractivity contribution is 0.262. The Bertz CT molecular complexity index is 315. The predicted octanol–water partition coefficient (Wildman–Crippen LogP) is 2.06. The molecule has 0 saturated heterocycles. The third-order valence-electron chi connectivity index (χ3n) is 1.89. The van der Waals surface area contributed by atoms with Gasteiger partial charge in [-0.05, 0) is 31.0 Å². The molecule has 1 aromatic rings. The van der Waals surface area contributed by atoms with Crippen LogP contribution in [-0.4, -0.2) is 19.3 Å². The first-order valence-corrected chi connectivity index (χ1v) is 4.86. The van der Waals surface area contributed by atoms with Gasteiger partial charge in [0, 0.05) is 6.04 Å². The number of alkyl halides is 1. The van der Waals surface area contributed by atoms with Crippen molar-refractivity contribution in [3.63, 3.8) is 0 Å². The Balaban J connectivity index is 2.69. The van der Waals surface area contributed by atoms with E-state index in [0.29, 0.717) is 6.42 Å². The van der Waals surface area contributed by atoms with E-state index < -0.39 is 12.5 Å². The van der Waals surface area contributed by atoms with Crippen molar-refractivity contribution in [3.8, 4) is 5.75 Å². The van der Waals surface area contributed by atoms with E-state index in [1.165, 1.54) is 12.1 Å². The highest BCUT2D eigenvalue weighted by Gasteiger charge is 2.05. The lowest BCUT2D eigenvalue weighted by Crippen LogP contribution is -2.17. The summed E-state index contributed by atoms with van der Waals surface area (Å²) < 4.78 is 30.0. The van der Waals surface area contributed by atoms with Crippen molar-refractivity contribution in [1.29, 1.82) is 0 Å². The molecular weight excluding hydrogens is 200 g/mol. The number of rotatable bonds is 5. The third-order valence-corrected chi connectivity index (χ3v) is 1.89. The highest BCUT2D eigenvalue weighted by Crippen LogP contribution is 2.18. The molecule has 0 aliphatic heterocycles. The molecule has 1 atom stereocenters. The van der Waals surface area contributed by atoms with Crippen molar-refractivity contribution in [2.75, 3.05) is 13.3 Å². The van der Waals surface area contributed by atoms with E-state index in [2.05, 4.69) is 0 Å². The van der Waals surface area contributed by atoms with Crippen LogP contribution in [0, 0.1) is 5.82 Å². The Labute approximate surface area is 88.0 Å². The first kappa shape index (κ1) is 11.9. The van der Waals surface area contributed by atoms with E-state index >= 15 is 0 Å². The van der Waals surface area contributed by atoms with E-state index in [4.69, 9.17) is 10.5 Å². The zero-order valence-electron chi connectivity index (χ0n) is 8.67. The third kappa shape index (κ3) is 3.83. The normalized spacial score (nSPS) is 12.5. The number of halogens is 2. The summed E-state index contributed by atoms with van der Waals surface area (Å²) in [6.07, 6.45) is 0.611. The number of ether oxygens (including phenoxy) is 1. The first-order valence-electron chi connectivity index (χ1n) is 4.86. The minimum atomic E-state index is -0.624. The SMILES string of the molecule is CC(N)Cc1ccc(OCCF)c(F)c1. The molecule has 1 rings (SSSR count). The average molecular weight is 215 g/mol. The molecule has 0 amide bonds. The fraction of sp³-hybridized carbons (Fsp3) is 0.455. The number of benzene rings is 1. The summed E-state index contributed by atoms with van der Waals surface area (Å²) in [5.74, 6) is -0.386. The summed E-state index contributed by atoms with van der Waals surface area (Å²) in [4.78, 5) is 0. The average Bonchev–Trinajstić information content (AvgIpc) is 2.15. The molecule has 0 saturated carbocycles. The van der Waals surface area contributed by atoms with Crippen LogP contribution in [0.3, 0.4) is 0 Å². The number of nitrogens with two attached hydrogens (primary N) is 1. The van der Waals surface area contributed by atoms with E-state index in [9.17, 15) is 8.78 Å². The second-order valence-corrected chi connectivity index (χ2v) is 3.48. The van der Waals surface area contributed by atoms with Gasteiger partial charge in [-0.1, -0.05) is 6.07 Å². The van der Waals surface area contributed by atoms with Gasteiger partial charge in [0.1, 0.15) is 13.3 Å². The summed E-state index contributed by atoms with van der Waals surface area (Å²) in [5, 5.41) is 0. The molecule has 0 aliphatic carbocycles. The highest BCUT2D eigenvalue weighted by molar-refractivity contribution is 5.29.